The molecule has 4 heteroatoms. The van der Waals surface area contributed by atoms with Crippen molar-refractivity contribution >= 4 is 15.9 Å². The van der Waals surface area contributed by atoms with Crippen molar-refractivity contribution in [2.75, 3.05) is 26.3 Å². The van der Waals surface area contributed by atoms with Gasteiger partial charge in [-0.2, -0.15) is 0 Å². The predicted octanol–water partition coefficient (Wildman–Crippen LogP) is 2.08. The topological polar surface area (TPSA) is 21.3 Å². The van der Waals surface area contributed by atoms with E-state index in [2.05, 4.69) is 21.2 Å². The second-order valence-corrected chi connectivity index (χ2v) is 5.54. The summed E-state index contributed by atoms with van der Waals surface area (Å²) in [6.07, 6.45) is 0. The van der Waals surface area contributed by atoms with Crippen LogP contribution in [0.1, 0.15) is 5.56 Å². The Kier molecular flexibility index (Phi) is 2.53. The van der Waals surface area contributed by atoms with Gasteiger partial charge in [0, 0.05) is 23.1 Å². The summed E-state index contributed by atoms with van der Waals surface area (Å²) in [5.41, 5.74) is 0.707. The van der Waals surface area contributed by atoms with Crippen LogP contribution in [0.3, 0.4) is 0 Å². The lowest BCUT2D eigenvalue weighted by molar-refractivity contribution is -0.102. The van der Waals surface area contributed by atoms with Crippen LogP contribution in [0.4, 0.5) is 4.39 Å². The normalized spacial score (nSPS) is 23.6. The molecule has 0 aliphatic carbocycles. The largest absolute Gasteiger partial charge is 0.379 e. The molecule has 3 rings (SSSR count). The number of hydrogen-bond acceptors (Lipinski definition) is 2. The zero-order valence-corrected chi connectivity index (χ0v) is 10.4. The Bertz CT molecular complexity index is 415. The van der Waals surface area contributed by atoms with Gasteiger partial charge in [0.25, 0.3) is 0 Å². The van der Waals surface area contributed by atoms with E-state index in [-0.39, 0.29) is 11.2 Å². The molecule has 2 nitrogen and oxygen atoms in total. The fraction of sp³-hybridized carbons (Fsp3) is 0.500. The highest BCUT2D eigenvalue weighted by Crippen LogP contribution is 2.43. The number of halogens is 2. The van der Waals surface area contributed by atoms with Gasteiger partial charge < -0.3 is 10.1 Å². The lowest BCUT2D eigenvalue weighted by atomic mass is 9.66. The van der Waals surface area contributed by atoms with Crippen molar-refractivity contribution in [1.29, 1.82) is 0 Å². The lowest BCUT2D eigenvalue weighted by Gasteiger charge is -2.51. The number of hydrogen-bond donors (Lipinski definition) is 1. The Labute approximate surface area is 102 Å². The first-order valence-corrected chi connectivity index (χ1v) is 6.26. The third-order valence-electron chi connectivity index (χ3n) is 3.75. The van der Waals surface area contributed by atoms with E-state index in [0.717, 1.165) is 23.1 Å². The summed E-state index contributed by atoms with van der Waals surface area (Å²) >= 11 is 3.41. The average molecular weight is 286 g/mol. The van der Waals surface area contributed by atoms with Gasteiger partial charge in [-0.15, -0.1) is 0 Å². The highest BCUT2D eigenvalue weighted by atomic mass is 79.9. The Morgan fingerprint density at radius 3 is 2.62 bits per heavy atom. The van der Waals surface area contributed by atoms with Crippen molar-refractivity contribution in [3.63, 3.8) is 0 Å². The molecule has 1 aromatic carbocycles. The van der Waals surface area contributed by atoms with E-state index in [1.807, 2.05) is 6.07 Å². The fourth-order valence-corrected chi connectivity index (χ4v) is 2.85. The van der Waals surface area contributed by atoms with Crippen LogP contribution in [0, 0.1) is 11.7 Å². The van der Waals surface area contributed by atoms with Crippen LogP contribution in [-0.4, -0.2) is 26.3 Å². The third kappa shape index (κ3) is 1.44. The Hall–Kier alpha value is -0.450. The standard InChI is InChI=1S/C12H13BrFNO/c13-9-1-2-11(14)10(3-9)12(6-16-7-12)8-4-15-5-8/h1-3,8,15H,4-7H2. The molecule has 16 heavy (non-hydrogen) atoms. The molecule has 2 saturated heterocycles. The first kappa shape index (κ1) is 10.7. The summed E-state index contributed by atoms with van der Waals surface area (Å²) in [6.45, 7) is 3.23. The molecule has 0 spiro atoms. The number of ether oxygens (including phenoxy) is 1. The van der Waals surface area contributed by atoms with Gasteiger partial charge in [-0.3, -0.25) is 0 Å². The van der Waals surface area contributed by atoms with Gasteiger partial charge in [0.1, 0.15) is 5.82 Å². The summed E-state index contributed by atoms with van der Waals surface area (Å²) in [6, 6.07) is 5.17. The monoisotopic (exact) mass is 285 g/mol. The molecule has 0 aromatic heterocycles. The molecule has 2 aliphatic rings. The summed E-state index contributed by atoms with van der Waals surface area (Å²) in [7, 11) is 0. The molecule has 0 radical (unpaired) electrons. The van der Waals surface area contributed by atoms with Gasteiger partial charge in [0.15, 0.2) is 0 Å². The first-order chi connectivity index (χ1) is 7.72. The highest BCUT2D eigenvalue weighted by molar-refractivity contribution is 9.10. The second kappa shape index (κ2) is 3.79. The minimum absolute atomic E-state index is 0.0981. The second-order valence-electron chi connectivity index (χ2n) is 4.63. The molecular weight excluding hydrogens is 273 g/mol. The van der Waals surface area contributed by atoms with Crippen molar-refractivity contribution in [2.45, 2.75) is 5.41 Å². The van der Waals surface area contributed by atoms with Crippen LogP contribution in [0.15, 0.2) is 22.7 Å². The van der Waals surface area contributed by atoms with E-state index in [1.54, 1.807) is 6.07 Å². The minimum Gasteiger partial charge on any atom is -0.379 e. The van der Waals surface area contributed by atoms with Gasteiger partial charge in [0.2, 0.25) is 0 Å². The minimum atomic E-state index is -0.113. The van der Waals surface area contributed by atoms with Crippen molar-refractivity contribution < 1.29 is 9.13 Å². The average Bonchev–Trinajstić information content (AvgIpc) is 2.12. The highest BCUT2D eigenvalue weighted by Gasteiger charge is 2.50. The lowest BCUT2D eigenvalue weighted by Crippen LogP contribution is -2.63. The molecule has 2 aliphatic heterocycles. The number of rotatable bonds is 2. The molecular formula is C12H13BrFNO. The van der Waals surface area contributed by atoms with Gasteiger partial charge in [-0.25, -0.2) is 4.39 Å². The summed E-state index contributed by atoms with van der Waals surface area (Å²) in [5, 5.41) is 3.25. The van der Waals surface area contributed by atoms with Gasteiger partial charge >= 0.3 is 0 Å². The molecule has 1 N–H and O–H groups in total. The van der Waals surface area contributed by atoms with E-state index in [9.17, 15) is 4.39 Å². The third-order valence-corrected chi connectivity index (χ3v) is 4.24. The van der Waals surface area contributed by atoms with Crippen LogP contribution >= 0.6 is 15.9 Å². The maximum Gasteiger partial charge on any atom is 0.127 e. The van der Waals surface area contributed by atoms with Crippen molar-refractivity contribution in [3.8, 4) is 0 Å². The maximum atomic E-state index is 13.9. The number of benzene rings is 1. The molecule has 0 atom stereocenters. The molecule has 2 fully saturated rings. The Balaban J connectivity index is 2.02. The molecule has 0 unspecified atom stereocenters. The van der Waals surface area contributed by atoms with E-state index in [4.69, 9.17) is 4.74 Å². The molecule has 0 saturated carbocycles. The first-order valence-electron chi connectivity index (χ1n) is 5.46. The van der Waals surface area contributed by atoms with Crippen molar-refractivity contribution in [2.24, 2.45) is 5.92 Å². The Morgan fingerprint density at radius 1 is 1.38 bits per heavy atom. The van der Waals surface area contributed by atoms with Crippen LogP contribution in [-0.2, 0) is 10.2 Å². The Morgan fingerprint density at radius 2 is 2.12 bits per heavy atom. The van der Waals surface area contributed by atoms with Gasteiger partial charge in [-0.1, -0.05) is 15.9 Å². The van der Waals surface area contributed by atoms with Crippen molar-refractivity contribution in [3.05, 3.63) is 34.1 Å². The van der Waals surface area contributed by atoms with E-state index < -0.39 is 0 Å². The number of nitrogens with one attached hydrogen (secondary N) is 1. The summed E-state index contributed by atoms with van der Waals surface area (Å²) in [5.74, 6) is 0.392. The van der Waals surface area contributed by atoms with Crippen molar-refractivity contribution in [1.82, 2.24) is 5.32 Å². The zero-order chi connectivity index (χ0) is 11.2. The van der Waals surface area contributed by atoms with Crippen LogP contribution in [0.2, 0.25) is 0 Å². The molecule has 0 amide bonds. The summed E-state index contributed by atoms with van der Waals surface area (Å²) in [4.78, 5) is 0. The zero-order valence-electron chi connectivity index (χ0n) is 8.80. The SMILES string of the molecule is Fc1ccc(Br)cc1C1(C2CNC2)COC1. The van der Waals surface area contributed by atoms with E-state index in [1.165, 1.54) is 6.07 Å². The van der Waals surface area contributed by atoms with Crippen LogP contribution in [0.5, 0.6) is 0 Å². The quantitative estimate of drug-likeness (QED) is 0.898. The smallest absolute Gasteiger partial charge is 0.127 e. The van der Waals surface area contributed by atoms with Gasteiger partial charge in [-0.05, 0) is 24.1 Å². The van der Waals surface area contributed by atoms with Crippen LogP contribution in [0.25, 0.3) is 0 Å². The fourth-order valence-electron chi connectivity index (χ4n) is 2.49. The molecule has 86 valence electrons. The maximum absolute atomic E-state index is 13.9. The summed E-state index contributed by atoms with van der Waals surface area (Å²) < 4.78 is 20.2. The molecule has 0 bridgehead atoms. The van der Waals surface area contributed by atoms with E-state index >= 15 is 0 Å². The van der Waals surface area contributed by atoms with E-state index in [0.29, 0.717) is 19.1 Å². The van der Waals surface area contributed by atoms with Crippen LogP contribution < -0.4 is 5.32 Å². The van der Waals surface area contributed by atoms with Gasteiger partial charge in [0.05, 0.1) is 18.6 Å². The molecule has 1 aromatic rings. The molecule has 2 heterocycles. The predicted molar refractivity (Wildman–Crippen MR) is 63.0 cm³/mol.